The van der Waals surface area contributed by atoms with Crippen molar-refractivity contribution in [3.8, 4) is 0 Å². The van der Waals surface area contributed by atoms with Crippen LogP contribution in [0.2, 0.25) is 0 Å². The molecule has 0 aliphatic heterocycles. The predicted molar refractivity (Wildman–Crippen MR) is 105 cm³/mol. The number of esters is 1. The first-order valence-corrected chi connectivity index (χ1v) is 9.28. The Kier molecular flexibility index (Phi) is 10.1. The molecule has 0 aliphatic rings. The molecule has 0 aromatic heterocycles. The summed E-state index contributed by atoms with van der Waals surface area (Å²) >= 11 is 6.86. The molecule has 0 saturated heterocycles. The highest BCUT2D eigenvalue weighted by Gasteiger charge is 2.06. The fourth-order valence-electron chi connectivity index (χ4n) is 1.98. The van der Waals surface area contributed by atoms with Gasteiger partial charge in [0.05, 0.1) is 7.11 Å². The molecule has 0 aliphatic carbocycles. The summed E-state index contributed by atoms with van der Waals surface area (Å²) in [6.45, 7) is 0. The minimum absolute atomic E-state index is 0.183. The van der Waals surface area contributed by atoms with Gasteiger partial charge in [-0.2, -0.15) is 0 Å². The molecular weight excluding hydrogens is 452 g/mol. The van der Waals surface area contributed by atoms with E-state index in [9.17, 15) is 9.59 Å². The third-order valence-corrected chi connectivity index (χ3v) is 5.46. The van der Waals surface area contributed by atoms with E-state index in [1.54, 1.807) is 0 Å². The van der Waals surface area contributed by atoms with Crippen LogP contribution in [0.15, 0.2) is 57.5 Å². The van der Waals surface area contributed by atoms with Gasteiger partial charge >= 0.3 is 11.9 Å². The summed E-state index contributed by atoms with van der Waals surface area (Å²) in [5.41, 5.74) is 2.18. The zero-order chi connectivity index (χ0) is 18.7. The van der Waals surface area contributed by atoms with Gasteiger partial charge in [0, 0.05) is 21.8 Å². The monoisotopic (exact) mass is 470 g/mol. The Morgan fingerprint density at radius 1 is 0.960 bits per heavy atom. The number of halogens is 2. The summed E-state index contributed by atoms with van der Waals surface area (Å²) in [7, 11) is 1.40. The van der Waals surface area contributed by atoms with Crippen LogP contribution in [0.3, 0.4) is 0 Å². The first-order valence-electron chi connectivity index (χ1n) is 7.69. The van der Waals surface area contributed by atoms with Crippen LogP contribution in [0.1, 0.15) is 24.0 Å². The molecule has 0 heterocycles. The van der Waals surface area contributed by atoms with E-state index in [-0.39, 0.29) is 12.4 Å². The van der Waals surface area contributed by atoms with Gasteiger partial charge in [-0.05, 0) is 61.9 Å². The number of aryl methyl sites for hydroxylation is 2. The van der Waals surface area contributed by atoms with E-state index in [2.05, 4.69) is 36.6 Å². The van der Waals surface area contributed by atoms with Crippen LogP contribution < -0.4 is 0 Å². The molecule has 2 aromatic rings. The molecule has 2 aromatic carbocycles. The number of carboxylic acid groups (broad SMARTS) is 1. The molecule has 4 nitrogen and oxygen atoms in total. The Bertz CT molecular complexity index is 687. The zero-order valence-electron chi connectivity index (χ0n) is 13.9. The molecule has 6 heteroatoms. The second-order valence-electron chi connectivity index (χ2n) is 5.17. The third kappa shape index (κ3) is 8.84. The number of carbonyl (C=O) groups excluding carboxylic acids is 1. The number of methoxy groups -OCH3 is 1. The van der Waals surface area contributed by atoms with Crippen molar-refractivity contribution in [3.05, 3.63) is 68.6 Å². The van der Waals surface area contributed by atoms with Crippen LogP contribution in [-0.2, 0) is 27.2 Å². The molecule has 134 valence electrons. The van der Waals surface area contributed by atoms with E-state index in [4.69, 9.17) is 5.11 Å². The van der Waals surface area contributed by atoms with E-state index in [1.165, 1.54) is 7.11 Å². The highest BCUT2D eigenvalue weighted by molar-refractivity contribution is 9.13. The average molecular weight is 472 g/mol. The molecule has 0 amide bonds. The second kappa shape index (κ2) is 11.8. The maximum Gasteiger partial charge on any atom is 0.305 e. The Morgan fingerprint density at radius 3 is 2.24 bits per heavy atom. The zero-order valence-corrected chi connectivity index (χ0v) is 17.0. The normalized spacial score (nSPS) is 9.72. The number of ether oxygens (including phenoxy) is 1. The average Bonchev–Trinajstić information content (AvgIpc) is 2.62. The number of carboxylic acids is 1. The molecule has 0 fully saturated rings. The van der Waals surface area contributed by atoms with Crippen LogP contribution in [0.25, 0.3) is 0 Å². The van der Waals surface area contributed by atoms with Crippen LogP contribution in [0, 0.1) is 0 Å². The molecule has 2 rings (SSSR count). The van der Waals surface area contributed by atoms with Gasteiger partial charge in [0.15, 0.2) is 0 Å². The van der Waals surface area contributed by atoms with Crippen molar-refractivity contribution in [2.45, 2.75) is 25.7 Å². The summed E-state index contributed by atoms with van der Waals surface area (Å²) in [4.78, 5) is 21.1. The first-order chi connectivity index (χ1) is 11.9. The van der Waals surface area contributed by atoms with Crippen molar-refractivity contribution in [1.82, 2.24) is 0 Å². The number of hydrogen-bond acceptors (Lipinski definition) is 3. The number of aliphatic carboxylic acids is 1. The topological polar surface area (TPSA) is 63.6 Å². The summed E-state index contributed by atoms with van der Waals surface area (Å²) in [6, 6.07) is 15.5. The molecule has 25 heavy (non-hydrogen) atoms. The number of carbonyl (C=O) groups is 2. The molecule has 0 atom stereocenters. The highest BCUT2D eigenvalue weighted by Crippen LogP contribution is 2.27. The smallest absolute Gasteiger partial charge is 0.305 e. The molecule has 0 bridgehead atoms. The number of rotatable bonds is 6. The molecule has 0 saturated carbocycles. The molecule has 1 N–H and O–H groups in total. The second-order valence-corrected chi connectivity index (χ2v) is 6.82. The molecule has 0 spiro atoms. The summed E-state index contributed by atoms with van der Waals surface area (Å²) in [5.74, 6) is -0.925. The standard InChI is InChI=1S/C10H10Br2O2.C9H10O2/c1-14-9(13)6-5-7-3-2-4-8(11)10(7)12;10-9(11)7-6-8-4-2-1-3-5-8/h2-4H,5-6H2,1H3;1-5H,6-7H2,(H,10,11). The number of benzene rings is 2. The molecule has 0 unspecified atom stereocenters. The van der Waals surface area contributed by atoms with Crippen molar-refractivity contribution in [3.63, 3.8) is 0 Å². The van der Waals surface area contributed by atoms with Gasteiger partial charge < -0.3 is 9.84 Å². The van der Waals surface area contributed by atoms with Gasteiger partial charge in [-0.1, -0.05) is 42.5 Å². The quantitative estimate of drug-likeness (QED) is 0.600. The fourth-order valence-corrected chi connectivity index (χ4v) is 2.85. The maximum absolute atomic E-state index is 10.9. The Labute approximate surface area is 164 Å². The number of hydrogen-bond donors (Lipinski definition) is 1. The van der Waals surface area contributed by atoms with Crippen LogP contribution in [-0.4, -0.2) is 24.2 Å². The van der Waals surface area contributed by atoms with E-state index in [0.717, 1.165) is 20.1 Å². The van der Waals surface area contributed by atoms with E-state index < -0.39 is 5.97 Å². The van der Waals surface area contributed by atoms with Crippen molar-refractivity contribution in [2.24, 2.45) is 0 Å². The lowest BCUT2D eigenvalue weighted by Gasteiger charge is -2.04. The van der Waals surface area contributed by atoms with Crippen molar-refractivity contribution in [2.75, 3.05) is 7.11 Å². The van der Waals surface area contributed by atoms with Gasteiger partial charge in [-0.25, -0.2) is 0 Å². The Balaban J connectivity index is 0.000000257. The van der Waals surface area contributed by atoms with E-state index in [0.29, 0.717) is 19.3 Å². The van der Waals surface area contributed by atoms with Gasteiger partial charge in [0.25, 0.3) is 0 Å². The minimum atomic E-state index is -0.742. The van der Waals surface area contributed by atoms with Gasteiger partial charge in [0.2, 0.25) is 0 Å². The van der Waals surface area contributed by atoms with Gasteiger partial charge in [-0.3, -0.25) is 9.59 Å². The summed E-state index contributed by atoms with van der Waals surface area (Å²) < 4.78 is 6.58. The largest absolute Gasteiger partial charge is 0.481 e. The molecular formula is C19H20Br2O4. The summed E-state index contributed by atoms with van der Waals surface area (Å²) in [5, 5.41) is 8.37. The van der Waals surface area contributed by atoms with Crippen molar-refractivity contribution < 1.29 is 19.4 Å². The lowest BCUT2D eigenvalue weighted by molar-refractivity contribution is -0.140. The van der Waals surface area contributed by atoms with E-state index in [1.807, 2.05) is 48.5 Å². The summed E-state index contributed by atoms with van der Waals surface area (Å²) in [6.07, 6.45) is 1.93. The lowest BCUT2D eigenvalue weighted by Crippen LogP contribution is -2.02. The van der Waals surface area contributed by atoms with Crippen LogP contribution in [0.5, 0.6) is 0 Å². The van der Waals surface area contributed by atoms with Crippen molar-refractivity contribution >= 4 is 43.8 Å². The van der Waals surface area contributed by atoms with Crippen LogP contribution in [0.4, 0.5) is 0 Å². The van der Waals surface area contributed by atoms with Gasteiger partial charge in [-0.15, -0.1) is 0 Å². The third-order valence-electron chi connectivity index (χ3n) is 3.33. The minimum Gasteiger partial charge on any atom is -0.481 e. The molecule has 0 radical (unpaired) electrons. The highest BCUT2D eigenvalue weighted by atomic mass is 79.9. The fraction of sp³-hybridized carbons (Fsp3) is 0.263. The SMILES string of the molecule is COC(=O)CCc1cccc(Br)c1Br.O=C(O)CCc1ccccc1. The van der Waals surface area contributed by atoms with Gasteiger partial charge in [0.1, 0.15) is 0 Å². The first kappa shape index (κ1) is 21.4. The maximum atomic E-state index is 10.9. The Hall–Kier alpha value is -1.66. The Morgan fingerprint density at radius 2 is 1.64 bits per heavy atom. The van der Waals surface area contributed by atoms with Crippen molar-refractivity contribution in [1.29, 1.82) is 0 Å². The van der Waals surface area contributed by atoms with E-state index >= 15 is 0 Å². The lowest BCUT2D eigenvalue weighted by atomic mass is 10.1. The predicted octanol–water partition coefficient (Wildman–Crippen LogP) is 5.02. The van der Waals surface area contributed by atoms with Crippen LogP contribution >= 0.6 is 31.9 Å².